The average Bonchev–Trinajstić information content (AvgIpc) is 2.89. The van der Waals surface area contributed by atoms with Gasteiger partial charge in [-0.15, -0.1) is 0 Å². The lowest BCUT2D eigenvalue weighted by Crippen LogP contribution is -2.42. The lowest BCUT2D eigenvalue weighted by molar-refractivity contribution is 0.0952. The fourth-order valence-electron chi connectivity index (χ4n) is 2.45. The Kier molecular flexibility index (Phi) is 4.68. The number of hydrogen-bond acceptors (Lipinski definition) is 2. The van der Waals surface area contributed by atoms with Crippen LogP contribution >= 0.6 is 11.6 Å². The SMILES string of the molecule is CC.Cc1cnn2c1C(=O)N(c1ccc(Cl)cc1)CC2C. The molecule has 112 valence electrons. The van der Waals surface area contributed by atoms with E-state index in [-0.39, 0.29) is 11.9 Å². The number of carbonyl (C=O) groups is 1. The van der Waals surface area contributed by atoms with E-state index in [2.05, 4.69) is 12.0 Å². The molecule has 1 aromatic carbocycles. The number of aryl methyl sites for hydroxylation is 1. The lowest BCUT2D eigenvalue weighted by Gasteiger charge is -2.32. The Morgan fingerprint density at radius 1 is 1.24 bits per heavy atom. The topological polar surface area (TPSA) is 38.1 Å². The summed E-state index contributed by atoms with van der Waals surface area (Å²) in [7, 11) is 0. The third-order valence-electron chi connectivity index (χ3n) is 3.43. The van der Waals surface area contributed by atoms with Crippen molar-refractivity contribution < 1.29 is 4.79 Å². The predicted molar refractivity (Wildman–Crippen MR) is 86.2 cm³/mol. The van der Waals surface area contributed by atoms with E-state index in [9.17, 15) is 4.79 Å². The second kappa shape index (κ2) is 6.31. The van der Waals surface area contributed by atoms with Crippen LogP contribution in [-0.2, 0) is 0 Å². The molecule has 0 bridgehead atoms. The van der Waals surface area contributed by atoms with Gasteiger partial charge in [0.1, 0.15) is 5.69 Å². The van der Waals surface area contributed by atoms with Crippen LogP contribution in [0.1, 0.15) is 42.9 Å². The van der Waals surface area contributed by atoms with Crippen LogP contribution in [0.15, 0.2) is 30.5 Å². The Hall–Kier alpha value is -1.81. The second-order valence-electron chi connectivity index (χ2n) is 4.86. The van der Waals surface area contributed by atoms with Crippen molar-refractivity contribution in [3.63, 3.8) is 0 Å². The zero-order chi connectivity index (χ0) is 15.6. The van der Waals surface area contributed by atoms with Gasteiger partial charge in [-0.3, -0.25) is 9.48 Å². The van der Waals surface area contributed by atoms with E-state index in [1.165, 1.54) is 0 Å². The molecular formula is C16H20ClN3O. The van der Waals surface area contributed by atoms with Gasteiger partial charge < -0.3 is 4.90 Å². The lowest BCUT2D eigenvalue weighted by atomic mass is 10.1. The monoisotopic (exact) mass is 305 g/mol. The number of aromatic nitrogens is 2. The van der Waals surface area contributed by atoms with Crippen molar-refractivity contribution in [3.05, 3.63) is 46.7 Å². The van der Waals surface area contributed by atoms with Gasteiger partial charge in [-0.25, -0.2) is 0 Å². The second-order valence-corrected chi connectivity index (χ2v) is 5.30. The van der Waals surface area contributed by atoms with Crippen molar-refractivity contribution in [2.45, 2.75) is 33.7 Å². The van der Waals surface area contributed by atoms with Crippen molar-refractivity contribution in [1.29, 1.82) is 0 Å². The maximum atomic E-state index is 12.6. The van der Waals surface area contributed by atoms with E-state index < -0.39 is 0 Å². The number of anilines is 1. The van der Waals surface area contributed by atoms with Crippen LogP contribution in [0.3, 0.4) is 0 Å². The molecule has 2 aromatic rings. The number of carbonyl (C=O) groups excluding carboxylic acids is 1. The Morgan fingerprint density at radius 2 is 1.86 bits per heavy atom. The smallest absolute Gasteiger partial charge is 0.276 e. The summed E-state index contributed by atoms with van der Waals surface area (Å²) in [6.07, 6.45) is 1.75. The van der Waals surface area contributed by atoms with Crippen molar-refractivity contribution in [2.75, 3.05) is 11.4 Å². The number of hydrogen-bond donors (Lipinski definition) is 0. The number of fused-ring (bicyclic) bond motifs is 1. The van der Waals surface area contributed by atoms with E-state index in [1.807, 2.05) is 37.6 Å². The summed E-state index contributed by atoms with van der Waals surface area (Å²) in [6, 6.07) is 7.50. The number of nitrogens with zero attached hydrogens (tertiary/aromatic N) is 3. The van der Waals surface area contributed by atoms with Crippen LogP contribution in [0, 0.1) is 6.92 Å². The third kappa shape index (κ3) is 2.81. The fourth-order valence-corrected chi connectivity index (χ4v) is 2.57. The number of halogens is 1. The van der Waals surface area contributed by atoms with Gasteiger partial charge in [0.25, 0.3) is 5.91 Å². The molecule has 5 heteroatoms. The van der Waals surface area contributed by atoms with Gasteiger partial charge in [-0.2, -0.15) is 5.10 Å². The third-order valence-corrected chi connectivity index (χ3v) is 3.68. The van der Waals surface area contributed by atoms with Gasteiger partial charge in [0.15, 0.2) is 0 Å². The molecule has 3 rings (SSSR count). The molecule has 0 saturated heterocycles. The van der Waals surface area contributed by atoms with Gasteiger partial charge in [0.05, 0.1) is 12.2 Å². The molecule has 2 heterocycles. The first kappa shape index (κ1) is 15.6. The number of rotatable bonds is 1. The summed E-state index contributed by atoms with van der Waals surface area (Å²) in [5.74, 6) is -0.00424. The van der Waals surface area contributed by atoms with Crippen LogP contribution < -0.4 is 4.90 Å². The molecule has 21 heavy (non-hydrogen) atoms. The Morgan fingerprint density at radius 3 is 2.48 bits per heavy atom. The normalized spacial score (nSPS) is 17.1. The largest absolute Gasteiger partial charge is 0.305 e. The Labute approximate surface area is 130 Å². The highest BCUT2D eigenvalue weighted by atomic mass is 35.5. The number of amides is 1. The molecule has 0 saturated carbocycles. The molecule has 1 aliphatic rings. The molecule has 1 amide bonds. The van der Waals surface area contributed by atoms with Crippen molar-refractivity contribution >= 4 is 23.2 Å². The number of benzene rings is 1. The van der Waals surface area contributed by atoms with Crippen molar-refractivity contribution in [2.24, 2.45) is 0 Å². The minimum Gasteiger partial charge on any atom is -0.305 e. The van der Waals surface area contributed by atoms with Gasteiger partial charge in [-0.1, -0.05) is 25.4 Å². The maximum Gasteiger partial charge on any atom is 0.276 e. The minimum absolute atomic E-state index is 0.00424. The Balaban J connectivity index is 0.000000774. The van der Waals surface area contributed by atoms with Gasteiger partial charge in [0, 0.05) is 22.8 Å². The fraction of sp³-hybridized carbons (Fsp3) is 0.375. The van der Waals surface area contributed by atoms with E-state index >= 15 is 0 Å². The quantitative estimate of drug-likeness (QED) is 0.796. The van der Waals surface area contributed by atoms with E-state index in [4.69, 9.17) is 11.6 Å². The maximum absolute atomic E-state index is 12.6. The molecule has 0 N–H and O–H groups in total. The van der Waals surface area contributed by atoms with Crippen LogP contribution in [-0.4, -0.2) is 22.2 Å². The zero-order valence-corrected chi connectivity index (χ0v) is 13.6. The van der Waals surface area contributed by atoms with E-state index in [0.29, 0.717) is 17.3 Å². The molecule has 4 nitrogen and oxygen atoms in total. The van der Waals surface area contributed by atoms with E-state index in [0.717, 1.165) is 11.3 Å². The van der Waals surface area contributed by atoms with Gasteiger partial charge >= 0.3 is 0 Å². The summed E-state index contributed by atoms with van der Waals surface area (Å²) in [5.41, 5.74) is 2.46. The first-order valence-corrected chi connectivity index (χ1v) is 7.57. The predicted octanol–water partition coefficient (Wildman–Crippen LogP) is 4.09. The zero-order valence-electron chi connectivity index (χ0n) is 12.8. The minimum atomic E-state index is -0.00424. The summed E-state index contributed by atoms with van der Waals surface area (Å²) in [4.78, 5) is 14.3. The molecule has 0 spiro atoms. The molecule has 1 aliphatic heterocycles. The Bertz CT molecular complexity index is 633. The van der Waals surface area contributed by atoms with Gasteiger partial charge in [-0.05, 0) is 38.1 Å². The highest BCUT2D eigenvalue weighted by molar-refractivity contribution is 6.30. The summed E-state index contributed by atoms with van der Waals surface area (Å²) in [5, 5.41) is 4.95. The summed E-state index contributed by atoms with van der Waals surface area (Å²) < 4.78 is 1.81. The average molecular weight is 306 g/mol. The summed E-state index contributed by atoms with van der Waals surface area (Å²) in [6.45, 7) is 8.59. The van der Waals surface area contributed by atoms with Crippen LogP contribution in [0.4, 0.5) is 5.69 Å². The van der Waals surface area contributed by atoms with Gasteiger partial charge in [0.2, 0.25) is 0 Å². The molecule has 0 radical (unpaired) electrons. The van der Waals surface area contributed by atoms with Crippen LogP contribution in [0.5, 0.6) is 0 Å². The highest BCUT2D eigenvalue weighted by Crippen LogP contribution is 2.28. The first-order valence-electron chi connectivity index (χ1n) is 7.19. The molecular weight excluding hydrogens is 286 g/mol. The molecule has 1 atom stereocenters. The highest BCUT2D eigenvalue weighted by Gasteiger charge is 2.32. The molecule has 1 unspecified atom stereocenters. The molecule has 0 fully saturated rings. The molecule has 0 aliphatic carbocycles. The molecule has 1 aromatic heterocycles. The standard InChI is InChI=1S/C14H14ClN3O.C2H6/c1-9-7-16-18-10(2)8-17(14(19)13(9)18)12-5-3-11(15)4-6-12;1-2/h3-7,10H,8H2,1-2H3;1-2H3. The van der Waals surface area contributed by atoms with Crippen molar-refractivity contribution in [3.8, 4) is 0 Å². The van der Waals surface area contributed by atoms with Crippen molar-refractivity contribution in [1.82, 2.24) is 9.78 Å². The summed E-state index contributed by atoms with van der Waals surface area (Å²) >= 11 is 5.89. The van der Waals surface area contributed by atoms with E-state index in [1.54, 1.807) is 23.2 Å². The first-order chi connectivity index (χ1) is 10.1. The van der Waals surface area contributed by atoms with Crippen LogP contribution in [0.2, 0.25) is 5.02 Å². The van der Waals surface area contributed by atoms with Crippen LogP contribution in [0.25, 0.3) is 0 Å².